The summed E-state index contributed by atoms with van der Waals surface area (Å²) < 4.78 is 5.14. The van der Waals surface area contributed by atoms with Crippen molar-refractivity contribution in [3.8, 4) is 0 Å². The summed E-state index contributed by atoms with van der Waals surface area (Å²) in [6, 6.07) is 8.04. The molecule has 5 heteroatoms. The lowest BCUT2D eigenvalue weighted by Gasteiger charge is -2.06. The van der Waals surface area contributed by atoms with Crippen LogP contribution in [0.25, 0.3) is 0 Å². The Labute approximate surface area is 111 Å². The smallest absolute Gasteiger partial charge is 0.373 e. The molecule has 100 valence electrons. The van der Waals surface area contributed by atoms with Crippen molar-refractivity contribution >= 4 is 17.7 Å². The van der Waals surface area contributed by atoms with Gasteiger partial charge in [0.1, 0.15) is 0 Å². The Hall–Kier alpha value is -2.30. The Kier molecular flexibility index (Phi) is 3.55. The Bertz CT molecular complexity index is 585. The SMILES string of the molecule is Cc1nc(Nc2ccc(C(C)C)cc2)oc1C(=O)O. The minimum absolute atomic E-state index is 0.138. The number of rotatable bonds is 4. The van der Waals surface area contributed by atoms with Gasteiger partial charge in [-0.1, -0.05) is 26.0 Å². The van der Waals surface area contributed by atoms with Crippen LogP contribution in [0, 0.1) is 6.92 Å². The molecule has 0 unspecified atom stereocenters. The van der Waals surface area contributed by atoms with E-state index in [0.717, 1.165) is 5.69 Å². The van der Waals surface area contributed by atoms with Crippen LogP contribution in [-0.4, -0.2) is 16.1 Å². The fourth-order valence-electron chi connectivity index (χ4n) is 1.72. The van der Waals surface area contributed by atoms with Gasteiger partial charge in [0, 0.05) is 5.69 Å². The van der Waals surface area contributed by atoms with Crippen molar-refractivity contribution < 1.29 is 14.3 Å². The summed E-state index contributed by atoms with van der Waals surface area (Å²) in [6.07, 6.45) is 0. The fourth-order valence-corrected chi connectivity index (χ4v) is 1.72. The number of hydrogen-bond acceptors (Lipinski definition) is 4. The maximum absolute atomic E-state index is 10.8. The largest absolute Gasteiger partial charge is 0.475 e. The first-order chi connectivity index (χ1) is 8.97. The summed E-state index contributed by atoms with van der Waals surface area (Å²) in [4.78, 5) is 14.9. The van der Waals surface area contributed by atoms with E-state index in [2.05, 4.69) is 24.1 Å². The number of benzene rings is 1. The molecule has 0 radical (unpaired) electrons. The van der Waals surface area contributed by atoms with E-state index in [1.165, 1.54) is 5.56 Å². The molecule has 2 N–H and O–H groups in total. The summed E-state index contributed by atoms with van der Waals surface area (Å²) in [5.41, 5.74) is 2.40. The fraction of sp³-hybridized carbons (Fsp3) is 0.286. The summed E-state index contributed by atoms with van der Waals surface area (Å²) in [5.74, 6) is -0.786. The number of carboxylic acid groups (broad SMARTS) is 1. The van der Waals surface area contributed by atoms with E-state index < -0.39 is 5.97 Å². The Balaban J connectivity index is 2.17. The quantitative estimate of drug-likeness (QED) is 0.879. The maximum atomic E-state index is 10.8. The highest BCUT2D eigenvalue weighted by Gasteiger charge is 2.16. The molecule has 2 rings (SSSR count). The van der Waals surface area contributed by atoms with Crippen LogP contribution in [0.4, 0.5) is 11.7 Å². The van der Waals surface area contributed by atoms with E-state index >= 15 is 0 Å². The molecule has 0 aliphatic carbocycles. The molecule has 0 amide bonds. The summed E-state index contributed by atoms with van der Waals surface area (Å²) in [7, 11) is 0. The van der Waals surface area contributed by atoms with Gasteiger partial charge in [-0.05, 0) is 30.5 Å². The molecule has 0 atom stereocenters. The minimum Gasteiger partial charge on any atom is -0.475 e. The Morgan fingerprint density at radius 1 is 1.32 bits per heavy atom. The number of nitrogens with zero attached hydrogens (tertiary/aromatic N) is 1. The van der Waals surface area contributed by atoms with Crippen LogP contribution in [0.3, 0.4) is 0 Å². The predicted octanol–water partition coefficient (Wildman–Crippen LogP) is 3.55. The van der Waals surface area contributed by atoms with Gasteiger partial charge in [-0.25, -0.2) is 4.79 Å². The zero-order valence-corrected chi connectivity index (χ0v) is 11.1. The van der Waals surface area contributed by atoms with Crippen LogP contribution in [0.15, 0.2) is 28.7 Å². The summed E-state index contributed by atoms with van der Waals surface area (Å²) in [6.45, 7) is 5.85. The van der Waals surface area contributed by atoms with Crippen LogP contribution < -0.4 is 5.32 Å². The molecule has 1 aromatic carbocycles. The molecule has 0 aliphatic rings. The zero-order valence-electron chi connectivity index (χ0n) is 11.1. The number of carboxylic acids is 1. The van der Waals surface area contributed by atoms with E-state index in [1.807, 2.05) is 24.3 Å². The van der Waals surface area contributed by atoms with E-state index in [1.54, 1.807) is 6.92 Å². The third-order valence-electron chi connectivity index (χ3n) is 2.82. The van der Waals surface area contributed by atoms with Gasteiger partial charge in [0.15, 0.2) is 0 Å². The van der Waals surface area contributed by atoms with Crippen molar-refractivity contribution in [3.63, 3.8) is 0 Å². The lowest BCUT2D eigenvalue weighted by Crippen LogP contribution is -1.95. The molecule has 0 spiro atoms. The summed E-state index contributed by atoms with van der Waals surface area (Å²) >= 11 is 0. The van der Waals surface area contributed by atoms with Crippen LogP contribution >= 0.6 is 0 Å². The third kappa shape index (κ3) is 2.93. The number of anilines is 2. The van der Waals surface area contributed by atoms with Gasteiger partial charge in [-0.2, -0.15) is 4.98 Å². The van der Waals surface area contributed by atoms with E-state index in [9.17, 15) is 4.79 Å². The molecule has 0 fully saturated rings. The number of carbonyl (C=O) groups is 1. The number of nitrogens with one attached hydrogen (secondary N) is 1. The maximum Gasteiger partial charge on any atom is 0.373 e. The first kappa shape index (κ1) is 13.1. The average molecular weight is 260 g/mol. The van der Waals surface area contributed by atoms with E-state index in [0.29, 0.717) is 11.6 Å². The highest BCUT2D eigenvalue weighted by Crippen LogP contribution is 2.21. The third-order valence-corrected chi connectivity index (χ3v) is 2.82. The van der Waals surface area contributed by atoms with Gasteiger partial charge < -0.3 is 14.8 Å². The monoisotopic (exact) mass is 260 g/mol. The lowest BCUT2D eigenvalue weighted by molar-refractivity contribution is 0.0662. The molecule has 1 heterocycles. The van der Waals surface area contributed by atoms with Crippen LogP contribution in [-0.2, 0) is 0 Å². The number of oxazole rings is 1. The molecule has 1 aromatic heterocycles. The normalized spacial score (nSPS) is 10.7. The molecule has 19 heavy (non-hydrogen) atoms. The minimum atomic E-state index is -1.12. The number of aromatic carboxylic acids is 1. The standard InChI is InChI=1S/C14H16N2O3/c1-8(2)10-4-6-11(7-5-10)16-14-15-9(3)12(19-14)13(17)18/h4-8H,1-3H3,(H,15,16)(H,17,18). The van der Waals surface area contributed by atoms with Crippen LogP contribution in [0.1, 0.15) is 41.6 Å². The Morgan fingerprint density at radius 2 is 1.95 bits per heavy atom. The number of aryl methyl sites for hydroxylation is 1. The number of hydrogen-bond donors (Lipinski definition) is 2. The molecule has 2 aromatic rings. The topological polar surface area (TPSA) is 75.4 Å². The van der Waals surface area contributed by atoms with Gasteiger partial charge in [-0.15, -0.1) is 0 Å². The molecule has 0 bridgehead atoms. The van der Waals surface area contributed by atoms with Crippen molar-refractivity contribution in [2.75, 3.05) is 5.32 Å². The zero-order chi connectivity index (χ0) is 14.0. The lowest BCUT2D eigenvalue weighted by atomic mass is 10.0. The molecular formula is C14H16N2O3. The second-order valence-electron chi connectivity index (χ2n) is 4.64. The van der Waals surface area contributed by atoms with E-state index in [-0.39, 0.29) is 11.8 Å². The van der Waals surface area contributed by atoms with Crippen molar-refractivity contribution in [2.24, 2.45) is 0 Å². The van der Waals surface area contributed by atoms with Gasteiger partial charge in [0.05, 0.1) is 5.69 Å². The van der Waals surface area contributed by atoms with Crippen LogP contribution in [0.2, 0.25) is 0 Å². The average Bonchev–Trinajstić information content (AvgIpc) is 2.71. The molecule has 5 nitrogen and oxygen atoms in total. The molecular weight excluding hydrogens is 244 g/mol. The van der Waals surface area contributed by atoms with Gasteiger partial charge in [0.25, 0.3) is 6.01 Å². The molecule has 0 aliphatic heterocycles. The van der Waals surface area contributed by atoms with Crippen molar-refractivity contribution in [3.05, 3.63) is 41.3 Å². The second kappa shape index (κ2) is 5.14. The molecule has 0 saturated carbocycles. The highest BCUT2D eigenvalue weighted by atomic mass is 16.4. The summed E-state index contributed by atoms with van der Waals surface area (Å²) in [5, 5.41) is 11.8. The van der Waals surface area contributed by atoms with E-state index in [4.69, 9.17) is 9.52 Å². The predicted molar refractivity (Wildman–Crippen MR) is 72.0 cm³/mol. The van der Waals surface area contributed by atoms with Crippen molar-refractivity contribution in [1.82, 2.24) is 4.98 Å². The highest BCUT2D eigenvalue weighted by molar-refractivity contribution is 5.85. The van der Waals surface area contributed by atoms with Gasteiger partial charge in [0.2, 0.25) is 5.76 Å². The van der Waals surface area contributed by atoms with Crippen molar-refractivity contribution in [1.29, 1.82) is 0 Å². The molecule has 0 saturated heterocycles. The van der Waals surface area contributed by atoms with Gasteiger partial charge >= 0.3 is 5.97 Å². The van der Waals surface area contributed by atoms with Gasteiger partial charge in [-0.3, -0.25) is 0 Å². The van der Waals surface area contributed by atoms with Crippen molar-refractivity contribution in [2.45, 2.75) is 26.7 Å². The number of aromatic nitrogens is 1. The Morgan fingerprint density at radius 3 is 2.42 bits per heavy atom. The first-order valence-electron chi connectivity index (χ1n) is 6.05. The first-order valence-corrected chi connectivity index (χ1v) is 6.05. The second-order valence-corrected chi connectivity index (χ2v) is 4.64. The van der Waals surface area contributed by atoms with Crippen LogP contribution in [0.5, 0.6) is 0 Å².